The number of unbranched alkanes of at least 4 members (excludes halogenated alkanes) is 5. The van der Waals surface area contributed by atoms with E-state index < -0.39 is 130 Å². The second-order valence-corrected chi connectivity index (χ2v) is 24.2. The normalized spacial score (nSPS) is 28.7. The fraction of sp³-hybridized carbons (Fsp3) is 0.635. The highest BCUT2D eigenvalue weighted by molar-refractivity contribution is 5.96. The zero-order valence-corrected chi connectivity index (χ0v) is 48.8. The van der Waals surface area contributed by atoms with E-state index in [-0.39, 0.29) is 36.2 Å². The highest BCUT2D eigenvalue weighted by Gasteiger charge is 2.78. The molecule has 0 aromatic heterocycles. The number of amides is 1. The summed E-state index contributed by atoms with van der Waals surface area (Å²) in [6.07, 6.45) is 11.8. The number of ether oxygens (including phenoxy) is 7. The van der Waals surface area contributed by atoms with Gasteiger partial charge in [-0.15, -0.1) is 0 Å². The minimum atomic E-state index is -2.43. The van der Waals surface area contributed by atoms with Crippen molar-refractivity contribution in [3.8, 4) is 0 Å². The Morgan fingerprint density at radius 1 is 0.863 bits per heavy atom. The van der Waals surface area contributed by atoms with Crippen LogP contribution in [-0.2, 0) is 57.1 Å². The van der Waals surface area contributed by atoms with Crippen molar-refractivity contribution in [1.82, 2.24) is 5.32 Å². The van der Waals surface area contributed by atoms with Gasteiger partial charge in [-0.3, -0.25) is 19.2 Å². The van der Waals surface area contributed by atoms with Crippen LogP contribution in [0.1, 0.15) is 176 Å². The third kappa shape index (κ3) is 14.6. The number of fused-ring (bicyclic) bond motifs is 5. The standard InChI is InChI=1S/C63H87NO16/c1-12-13-14-15-16-17-18-19-20-21-22-23-24-25-29-32-48(67)76-50(44(35-39(2)3)64-58(72)80-59(6,7)8)57(71)75-45-37-63(73)54(78-56(70)42-30-27-26-28-31-42)52-61(11,46(66)36-47-62(52,38-74-47)79-41(5)65)53(68)51(77-55(69)43-33-34-43)49(40(45)4)60(63,9)10/h14-15,17-18,20-21,26-28,30-31,35,43-47,50-52,54,66,73H,12-13,16,19,22-25,29,32-34,36-38H2,1-11H3,(H,64,72)/b15-14-,18-17-,21-20-/t44-,45-,46-,47+,50+,51+,52?,54?,61+,62-,63+/m0/s1. The lowest BCUT2D eigenvalue weighted by Crippen LogP contribution is -2.82. The van der Waals surface area contributed by atoms with Gasteiger partial charge in [-0.1, -0.05) is 106 Å². The van der Waals surface area contributed by atoms with E-state index in [2.05, 4.69) is 48.7 Å². The molecule has 1 heterocycles. The molecule has 11 atom stereocenters. The molecule has 440 valence electrons. The quantitative estimate of drug-likeness (QED) is 0.0378. The lowest BCUT2D eigenvalue weighted by atomic mass is 9.44. The Labute approximate surface area is 472 Å². The molecule has 6 rings (SSSR count). The Bertz CT molecular complexity index is 2560. The van der Waals surface area contributed by atoms with Crippen LogP contribution in [0.3, 0.4) is 0 Å². The van der Waals surface area contributed by atoms with Crippen molar-refractivity contribution >= 4 is 41.7 Å². The molecule has 3 N–H and O–H groups in total. The predicted octanol–water partition coefficient (Wildman–Crippen LogP) is 9.95. The summed E-state index contributed by atoms with van der Waals surface area (Å²) in [5, 5.41) is 29.1. The Hall–Kier alpha value is -5.91. The number of nitrogens with one attached hydrogen (secondary N) is 1. The Morgan fingerprint density at radius 2 is 1.50 bits per heavy atom. The van der Waals surface area contributed by atoms with Gasteiger partial charge in [0.25, 0.3) is 0 Å². The molecule has 0 radical (unpaired) electrons. The highest BCUT2D eigenvalue weighted by atomic mass is 16.6. The van der Waals surface area contributed by atoms with Crippen LogP contribution in [0.5, 0.6) is 0 Å². The first-order valence-electron chi connectivity index (χ1n) is 28.6. The Kier molecular flexibility index (Phi) is 21.2. The number of aliphatic hydroxyl groups is 2. The number of carbonyl (C=O) groups excluding carboxylic acids is 7. The Morgan fingerprint density at radius 3 is 2.09 bits per heavy atom. The van der Waals surface area contributed by atoms with Gasteiger partial charge in [-0.05, 0) is 123 Å². The molecule has 1 aromatic rings. The topological polar surface area (TPSA) is 237 Å². The van der Waals surface area contributed by atoms with E-state index in [0.717, 1.165) is 44.9 Å². The molecule has 2 unspecified atom stereocenters. The highest BCUT2D eigenvalue weighted by Crippen LogP contribution is 2.64. The summed E-state index contributed by atoms with van der Waals surface area (Å²) in [7, 11) is 0. The smallest absolute Gasteiger partial charge is 0.408 e. The summed E-state index contributed by atoms with van der Waals surface area (Å²) in [4.78, 5) is 100. The van der Waals surface area contributed by atoms with Crippen molar-refractivity contribution in [3.63, 3.8) is 0 Å². The molecular weight excluding hydrogens is 1030 g/mol. The van der Waals surface area contributed by atoms with Crippen molar-refractivity contribution in [1.29, 1.82) is 0 Å². The zero-order valence-electron chi connectivity index (χ0n) is 48.8. The van der Waals surface area contributed by atoms with Crippen LogP contribution < -0.4 is 5.32 Å². The van der Waals surface area contributed by atoms with Crippen molar-refractivity contribution in [3.05, 3.63) is 95.1 Å². The molecule has 1 saturated heterocycles. The molecule has 1 aliphatic heterocycles. The van der Waals surface area contributed by atoms with Gasteiger partial charge in [-0.25, -0.2) is 14.4 Å². The third-order valence-electron chi connectivity index (χ3n) is 16.3. The van der Waals surface area contributed by atoms with Crippen LogP contribution in [0.2, 0.25) is 0 Å². The minimum Gasteiger partial charge on any atom is -0.455 e. The fourth-order valence-electron chi connectivity index (χ4n) is 11.9. The summed E-state index contributed by atoms with van der Waals surface area (Å²) in [6.45, 7) is 17.6. The van der Waals surface area contributed by atoms with E-state index in [0.29, 0.717) is 31.3 Å². The molecule has 5 aliphatic rings. The van der Waals surface area contributed by atoms with E-state index in [1.807, 2.05) is 0 Å². The first-order chi connectivity index (χ1) is 37.7. The second-order valence-electron chi connectivity index (χ2n) is 24.2. The molecular formula is C63H87NO16. The van der Waals surface area contributed by atoms with Gasteiger partial charge in [-0.2, -0.15) is 0 Å². The van der Waals surface area contributed by atoms with Crippen LogP contribution in [-0.4, -0.2) is 118 Å². The first-order valence-corrected chi connectivity index (χ1v) is 28.6. The Balaban J connectivity index is 1.38. The number of hydrogen-bond donors (Lipinski definition) is 3. The maximum absolute atomic E-state index is 16.0. The summed E-state index contributed by atoms with van der Waals surface area (Å²) < 4.78 is 43.0. The zero-order chi connectivity index (χ0) is 58.8. The average molecular weight is 1110 g/mol. The number of allylic oxidation sites excluding steroid dienone is 7. The molecule has 1 aromatic carbocycles. The van der Waals surface area contributed by atoms with Crippen molar-refractivity contribution in [2.75, 3.05) is 6.61 Å². The summed E-state index contributed by atoms with van der Waals surface area (Å²) in [6, 6.07) is 6.55. The van der Waals surface area contributed by atoms with E-state index in [4.69, 9.17) is 33.2 Å². The number of hydrogen-bond acceptors (Lipinski definition) is 16. The molecule has 4 fully saturated rings. The summed E-state index contributed by atoms with van der Waals surface area (Å²) in [5.41, 5.74) is -8.09. The maximum atomic E-state index is 16.0. The van der Waals surface area contributed by atoms with Gasteiger partial charge in [0.05, 0.1) is 41.6 Å². The summed E-state index contributed by atoms with van der Waals surface area (Å²) >= 11 is 0. The lowest BCUT2D eigenvalue weighted by molar-refractivity contribution is -0.346. The van der Waals surface area contributed by atoms with Gasteiger partial charge >= 0.3 is 35.9 Å². The van der Waals surface area contributed by atoms with Crippen molar-refractivity contribution < 1.29 is 76.9 Å². The maximum Gasteiger partial charge on any atom is 0.408 e. The molecule has 17 heteroatoms. The third-order valence-corrected chi connectivity index (χ3v) is 16.3. The number of esters is 5. The molecule has 2 bridgehead atoms. The van der Waals surface area contributed by atoms with E-state index in [1.165, 1.54) is 32.1 Å². The van der Waals surface area contributed by atoms with Crippen molar-refractivity contribution in [2.45, 2.75) is 226 Å². The average Bonchev–Trinajstić information content (AvgIpc) is 4.32. The molecule has 17 nitrogen and oxygen atoms in total. The first kappa shape index (κ1) is 63.3. The number of benzene rings is 1. The minimum absolute atomic E-state index is 0.0173. The van der Waals surface area contributed by atoms with Crippen LogP contribution >= 0.6 is 0 Å². The van der Waals surface area contributed by atoms with Crippen LogP contribution in [0.15, 0.2) is 89.6 Å². The van der Waals surface area contributed by atoms with E-state index >= 15 is 9.59 Å². The lowest BCUT2D eigenvalue weighted by Gasteiger charge is -2.67. The number of aliphatic hydroxyl groups excluding tert-OH is 1. The van der Waals surface area contributed by atoms with Crippen LogP contribution in [0.25, 0.3) is 0 Å². The van der Waals surface area contributed by atoms with Gasteiger partial charge in [0.1, 0.15) is 29.5 Å². The van der Waals surface area contributed by atoms with Crippen molar-refractivity contribution in [2.24, 2.45) is 22.7 Å². The predicted molar refractivity (Wildman–Crippen MR) is 297 cm³/mol. The van der Waals surface area contributed by atoms with Gasteiger partial charge < -0.3 is 48.7 Å². The molecule has 1 amide bonds. The number of Topliss-reactive ketones (excluding diaryl/α,β-unsaturated/α-hetero) is 1. The van der Waals surface area contributed by atoms with Crippen LogP contribution in [0, 0.1) is 22.7 Å². The molecule has 0 spiro atoms. The van der Waals surface area contributed by atoms with E-state index in [9.17, 15) is 34.2 Å². The molecule has 3 saturated carbocycles. The van der Waals surface area contributed by atoms with E-state index in [1.54, 1.807) is 73.6 Å². The van der Waals surface area contributed by atoms with Gasteiger partial charge in [0.15, 0.2) is 17.5 Å². The molecule has 4 aliphatic carbocycles. The molecule has 80 heavy (non-hydrogen) atoms. The number of alkyl carbamates (subject to hydrolysis) is 1. The number of rotatable bonds is 24. The SMILES string of the molecule is CCC/C=C\C/C=C\C/C=C\CCCCCCC(=O)O[C@@H](C(=O)O[C@H]1C[C@@]2(O)C(OC(=O)c3ccccc3)C3[C@](C)(C(=O)[C@H](OC(=O)C4CC4)C(=C1C)C2(C)C)[C@@H](O)C[C@H]1OC[C@@]31OC(C)=O)[C@H](C=C(C)C)NC(=O)OC(C)(C)C. The van der Waals surface area contributed by atoms with Crippen LogP contribution in [0.4, 0.5) is 4.79 Å². The largest absolute Gasteiger partial charge is 0.455 e. The van der Waals surface area contributed by atoms with Gasteiger partial charge in [0.2, 0.25) is 6.10 Å². The monoisotopic (exact) mass is 1110 g/mol. The number of ketones is 1. The fourth-order valence-corrected chi connectivity index (χ4v) is 11.9. The summed E-state index contributed by atoms with van der Waals surface area (Å²) in [5.74, 6) is -7.28. The van der Waals surface area contributed by atoms with Gasteiger partial charge in [0, 0.05) is 31.6 Å². The second kappa shape index (κ2) is 26.8. The number of carbonyl (C=O) groups is 7.